The van der Waals surface area contributed by atoms with Crippen molar-refractivity contribution < 1.29 is 37.3 Å². The largest absolute Gasteiger partial charge is 0.539 e. The van der Waals surface area contributed by atoms with Crippen LogP contribution in [-0.4, -0.2) is 50.2 Å². The van der Waals surface area contributed by atoms with Crippen LogP contribution in [0.1, 0.15) is 70.3 Å². The van der Waals surface area contributed by atoms with Crippen LogP contribution in [0.15, 0.2) is 24.3 Å². The lowest BCUT2D eigenvalue weighted by molar-refractivity contribution is -0.144. The highest BCUT2D eigenvalue weighted by atomic mass is 28.4. The number of hydrogen-bond acceptors (Lipinski definition) is 8. The van der Waals surface area contributed by atoms with Gasteiger partial charge in [0.1, 0.15) is 0 Å². The Labute approximate surface area is 258 Å². The molecular weight excluding hydrogens is 581 g/mol. The molecule has 1 saturated heterocycles. The Morgan fingerprint density at radius 3 is 1.81 bits per heavy atom. The SMILES string of the molecule is COc1cc([C@@H]2c3cc4c(cc3[C@H](O[Si](C)(C)C(C)(C)C)[C@@H]3C(=O)OC[C@@H]23)OCO4)cc(OC)c1O[Si](C)(C)C(C)(C)C. The van der Waals surface area contributed by atoms with Crippen molar-refractivity contribution in [1.82, 2.24) is 0 Å². The lowest BCUT2D eigenvalue weighted by atomic mass is 9.66. The molecule has 4 atom stereocenters. The van der Waals surface area contributed by atoms with Crippen molar-refractivity contribution in [3.63, 3.8) is 0 Å². The van der Waals surface area contributed by atoms with Gasteiger partial charge in [0.15, 0.2) is 37.1 Å². The van der Waals surface area contributed by atoms with Gasteiger partial charge < -0.3 is 32.5 Å². The van der Waals surface area contributed by atoms with Crippen LogP contribution < -0.4 is 23.4 Å². The monoisotopic (exact) mass is 628 g/mol. The minimum atomic E-state index is -2.29. The normalized spacial score (nSPS) is 23.4. The number of esters is 1. The molecule has 0 radical (unpaired) electrons. The summed E-state index contributed by atoms with van der Waals surface area (Å²) in [5.41, 5.74) is 2.93. The Morgan fingerprint density at radius 2 is 1.30 bits per heavy atom. The number of fused-ring (bicyclic) bond motifs is 3. The highest BCUT2D eigenvalue weighted by molar-refractivity contribution is 6.75. The number of benzene rings is 2. The van der Waals surface area contributed by atoms with Crippen molar-refractivity contribution in [2.45, 2.75) is 89.8 Å². The fraction of sp³-hybridized carbons (Fsp3) is 0.606. The molecule has 0 saturated carbocycles. The molecule has 43 heavy (non-hydrogen) atoms. The van der Waals surface area contributed by atoms with E-state index in [-0.39, 0.29) is 34.7 Å². The molecule has 2 aliphatic heterocycles. The first-order valence-electron chi connectivity index (χ1n) is 15.1. The van der Waals surface area contributed by atoms with Gasteiger partial charge in [0, 0.05) is 11.8 Å². The Morgan fingerprint density at radius 1 is 0.767 bits per heavy atom. The number of carbonyl (C=O) groups excluding carboxylic acids is 1. The third kappa shape index (κ3) is 5.44. The van der Waals surface area contributed by atoms with Crippen LogP contribution >= 0.6 is 0 Å². The van der Waals surface area contributed by atoms with E-state index in [0.717, 1.165) is 16.7 Å². The summed E-state index contributed by atoms with van der Waals surface area (Å²) >= 11 is 0. The maximum absolute atomic E-state index is 13.5. The Hall–Kier alpha value is -2.70. The summed E-state index contributed by atoms with van der Waals surface area (Å²) < 4.78 is 43.2. The van der Waals surface area contributed by atoms with Crippen molar-refractivity contribution >= 4 is 22.6 Å². The van der Waals surface area contributed by atoms with Gasteiger partial charge in [-0.3, -0.25) is 4.79 Å². The van der Waals surface area contributed by atoms with Crippen LogP contribution in [0.3, 0.4) is 0 Å². The van der Waals surface area contributed by atoms with Gasteiger partial charge in [0.05, 0.1) is 32.8 Å². The molecule has 0 unspecified atom stereocenters. The van der Waals surface area contributed by atoms with Gasteiger partial charge in [-0.25, -0.2) is 0 Å². The molecule has 10 heteroatoms. The summed E-state index contributed by atoms with van der Waals surface area (Å²) in [4.78, 5) is 13.5. The lowest BCUT2D eigenvalue weighted by Gasteiger charge is -2.45. The molecule has 2 aromatic carbocycles. The van der Waals surface area contributed by atoms with Crippen LogP contribution in [-0.2, 0) is 14.0 Å². The molecule has 2 aromatic rings. The maximum Gasteiger partial charge on any atom is 0.312 e. The fourth-order valence-electron chi connectivity index (χ4n) is 5.76. The van der Waals surface area contributed by atoms with Gasteiger partial charge >= 0.3 is 5.97 Å². The van der Waals surface area contributed by atoms with E-state index in [1.165, 1.54) is 0 Å². The summed E-state index contributed by atoms with van der Waals surface area (Å²) in [6.45, 7) is 22.5. The van der Waals surface area contributed by atoms with Gasteiger partial charge in [-0.1, -0.05) is 41.5 Å². The van der Waals surface area contributed by atoms with E-state index in [2.05, 4.69) is 73.8 Å². The third-order valence-corrected chi connectivity index (χ3v) is 19.1. The molecule has 2 heterocycles. The maximum atomic E-state index is 13.5. The van der Waals surface area contributed by atoms with Gasteiger partial charge in [0.25, 0.3) is 8.32 Å². The average Bonchev–Trinajstić information content (AvgIpc) is 3.52. The van der Waals surface area contributed by atoms with Gasteiger partial charge in [-0.2, -0.15) is 0 Å². The Kier molecular flexibility index (Phi) is 7.92. The minimum absolute atomic E-state index is 0.0135. The first-order valence-corrected chi connectivity index (χ1v) is 20.9. The van der Waals surface area contributed by atoms with Crippen molar-refractivity contribution in [2.75, 3.05) is 27.6 Å². The van der Waals surface area contributed by atoms with Crippen LogP contribution in [0, 0.1) is 11.8 Å². The molecule has 5 rings (SSSR count). The molecule has 3 aliphatic rings. The second kappa shape index (κ2) is 10.7. The summed E-state index contributed by atoms with van der Waals surface area (Å²) in [6, 6.07) is 8.12. The second-order valence-corrected chi connectivity index (χ2v) is 24.5. The second-order valence-electron chi connectivity index (χ2n) is 15.0. The molecule has 0 aromatic heterocycles. The number of rotatable bonds is 7. The van der Waals surface area contributed by atoms with E-state index >= 15 is 0 Å². The zero-order chi connectivity index (χ0) is 31.7. The minimum Gasteiger partial charge on any atom is -0.539 e. The highest BCUT2D eigenvalue weighted by Crippen LogP contribution is 2.58. The summed E-state index contributed by atoms with van der Waals surface area (Å²) in [5.74, 6) is 2.12. The van der Waals surface area contributed by atoms with Gasteiger partial charge in [-0.05, 0) is 77.2 Å². The topological polar surface area (TPSA) is 81.7 Å². The van der Waals surface area contributed by atoms with E-state index in [1.54, 1.807) is 14.2 Å². The molecule has 0 amide bonds. The van der Waals surface area contributed by atoms with Crippen molar-refractivity contribution in [3.8, 4) is 28.7 Å². The number of cyclic esters (lactones) is 1. The van der Waals surface area contributed by atoms with E-state index in [4.69, 9.17) is 32.5 Å². The average molecular weight is 629 g/mol. The third-order valence-electron chi connectivity index (χ3n) is 10.4. The van der Waals surface area contributed by atoms with Crippen molar-refractivity contribution in [1.29, 1.82) is 0 Å². The van der Waals surface area contributed by atoms with Gasteiger partial charge in [-0.15, -0.1) is 0 Å². The Bertz CT molecular complexity index is 1380. The molecule has 8 nitrogen and oxygen atoms in total. The molecule has 236 valence electrons. The van der Waals surface area contributed by atoms with Crippen molar-refractivity contribution in [2.24, 2.45) is 11.8 Å². The molecule has 1 aliphatic carbocycles. The predicted octanol–water partition coefficient (Wildman–Crippen LogP) is 7.81. The number of methoxy groups -OCH3 is 2. The van der Waals surface area contributed by atoms with Crippen molar-refractivity contribution in [3.05, 3.63) is 41.0 Å². The standard InChI is InChI=1S/C33H48O8Si2/c1-32(2,3)42(9,10)40-29-21-16-24-23(38-18-39-24)15-20(21)27(22-17-37-31(34)28(22)29)19-13-25(35-7)30(26(14-19)36-8)41-43(11,12)33(4,5)6/h13-16,22,27-29H,17-18H2,1-12H3/t22-,27+,28+,29-/m0/s1. The molecular formula is C33H48O8Si2. The van der Waals surface area contributed by atoms with E-state index in [0.29, 0.717) is 35.4 Å². The zero-order valence-corrected chi connectivity index (χ0v) is 29.8. The van der Waals surface area contributed by atoms with Crippen LogP contribution in [0.5, 0.6) is 28.7 Å². The van der Waals surface area contributed by atoms with E-state index in [1.807, 2.05) is 18.2 Å². The molecule has 0 spiro atoms. The summed E-state index contributed by atoms with van der Waals surface area (Å²) in [7, 11) is -1.20. The first kappa shape index (κ1) is 31.7. The van der Waals surface area contributed by atoms with Crippen LogP contribution in [0.4, 0.5) is 0 Å². The lowest BCUT2D eigenvalue weighted by Crippen LogP contribution is -2.46. The highest BCUT2D eigenvalue weighted by Gasteiger charge is 2.55. The van der Waals surface area contributed by atoms with E-state index in [9.17, 15) is 4.79 Å². The van der Waals surface area contributed by atoms with Gasteiger partial charge in [0.2, 0.25) is 6.79 Å². The van der Waals surface area contributed by atoms with Crippen LogP contribution in [0.2, 0.25) is 36.3 Å². The molecule has 1 fully saturated rings. The van der Waals surface area contributed by atoms with Crippen LogP contribution in [0.25, 0.3) is 0 Å². The number of hydrogen-bond donors (Lipinski definition) is 0. The molecule has 0 bridgehead atoms. The quantitative estimate of drug-likeness (QED) is 0.227. The van der Waals surface area contributed by atoms with E-state index < -0.39 is 28.7 Å². The smallest absolute Gasteiger partial charge is 0.312 e. The zero-order valence-electron chi connectivity index (χ0n) is 27.8. The summed E-state index contributed by atoms with van der Waals surface area (Å²) in [5, 5.41) is -0.0561. The first-order chi connectivity index (χ1) is 19.9. The Balaban J connectivity index is 1.69. The molecule has 0 N–H and O–H groups in total. The number of carbonyl (C=O) groups is 1. The number of ether oxygens (including phenoxy) is 5. The summed E-state index contributed by atoms with van der Waals surface area (Å²) in [6.07, 6.45) is -0.452. The fourth-order valence-corrected chi connectivity index (χ4v) is 8.04. The predicted molar refractivity (Wildman–Crippen MR) is 171 cm³/mol.